The lowest BCUT2D eigenvalue weighted by Crippen LogP contribution is -2.11. The van der Waals surface area contributed by atoms with Gasteiger partial charge in [0.05, 0.1) is 0 Å². The van der Waals surface area contributed by atoms with Crippen molar-refractivity contribution in [1.82, 2.24) is 5.32 Å². The highest BCUT2D eigenvalue weighted by molar-refractivity contribution is 7.17. The van der Waals surface area contributed by atoms with Crippen LogP contribution in [0.2, 0.25) is 0 Å². The largest absolute Gasteiger partial charge is 0.313 e. The second-order valence-corrected chi connectivity index (χ2v) is 4.37. The summed E-state index contributed by atoms with van der Waals surface area (Å²) in [4.78, 5) is 0. The molecule has 14 heavy (non-hydrogen) atoms. The maximum atomic E-state index is 3.37. The zero-order valence-corrected chi connectivity index (χ0v) is 9.45. The second-order valence-electron chi connectivity index (χ2n) is 3.49. The minimum Gasteiger partial charge on any atom is -0.313 e. The zero-order chi connectivity index (χ0) is 9.97. The third-order valence-corrected chi connectivity index (χ3v) is 3.62. The topological polar surface area (TPSA) is 12.0 Å². The molecule has 0 fully saturated rings. The van der Waals surface area contributed by atoms with Crippen molar-refractivity contribution in [2.24, 2.45) is 0 Å². The summed E-state index contributed by atoms with van der Waals surface area (Å²) < 4.78 is 1.43. The fourth-order valence-electron chi connectivity index (χ4n) is 1.65. The lowest BCUT2D eigenvalue weighted by Gasteiger charge is -2.00. The Morgan fingerprint density at radius 2 is 2.21 bits per heavy atom. The van der Waals surface area contributed by atoms with Gasteiger partial charge in [0.1, 0.15) is 0 Å². The number of aryl methyl sites for hydroxylation is 1. The lowest BCUT2D eigenvalue weighted by molar-refractivity contribution is 0.732. The summed E-state index contributed by atoms with van der Waals surface area (Å²) in [5.41, 5.74) is 2.81. The van der Waals surface area contributed by atoms with Crippen molar-refractivity contribution < 1.29 is 0 Å². The van der Waals surface area contributed by atoms with E-state index in [9.17, 15) is 0 Å². The van der Waals surface area contributed by atoms with Crippen LogP contribution >= 0.6 is 11.3 Å². The highest BCUT2D eigenvalue weighted by Crippen LogP contribution is 2.28. The molecule has 1 aromatic heterocycles. The van der Waals surface area contributed by atoms with Crippen LogP contribution < -0.4 is 5.32 Å². The monoisotopic (exact) mass is 205 g/mol. The van der Waals surface area contributed by atoms with E-state index >= 15 is 0 Å². The Kier molecular flexibility index (Phi) is 2.85. The third kappa shape index (κ3) is 1.68. The van der Waals surface area contributed by atoms with Crippen LogP contribution in [0.5, 0.6) is 0 Å². The molecule has 0 unspecified atom stereocenters. The Morgan fingerprint density at radius 3 is 3.00 bits per heavy atom. The number of rotatable bonds is 3. The third-order valence-electron chi connectivity index (χ3n) is 2.44. The first-order chi connectivity index (χ1) is 6.83. The summed E-state index contributed by atoms with van der Waals surface area (Å²) >= 11 is 1.85. The molecular weight excluding hydrogens is 190 g/mol. The van der Waals surface area contributed by atoms with Gasteiger partial charge >= 0.3 is 0 Å². The van der Waals surface area contributed by atoms with Crippen LogP contribution in [0.3, 0.4) is 0 Å². The quantitative estimate of drug-likeness (QED) is 0.810. The average molecular weight is 205 g/mol. The van der Waals surface area contributed by atoms with Gasteiger partial charge in [-0.1, -0.05) is 25.1 Å². The van der Waals surface area contributed by atoms with Crippen molar-refractivity contribution in [3.8, 4) is 0 Å². The normalized spacial score (nSPS) is 11.0. The molecule has 1 N–H and O–H groups in total. The van der Waals surface area contributed by atoms with E-state index in [1.54, 1.807) is 0 Å². The Balaban J connectivity index is 2.42. The fraction of sp³-hybridized carbons (Fsp3) is 0.333. The average Bonchev–Trinajstić information content (AvgIpc) is 2.60. The molecule has 0 radical (unpaired) electrons. The van der Waals surface area contributed by atoms with Gasteiger partial charge in [-0.15, -0.1) is 11.3 Å². The summed E-state index contributed by atoms with van der Waals surface area (Å²) in [6.07, 6.45) is 0. The van der Waals surface area contributed by atoms with E-state index in [1.807, 2.05) is 11.3 Å². The van der Waals surface area contributed by atoms with Crippen molar-refractivity contribution >= 4 is 21.4 Å². The Bertz CT molecular complexity index is 431. The molecule has 74 valence electrons. The predicted molar refractivity (Wildman–Crippen MR) is 63.9 cm³/mol. The van der Waals surface area contributed by atoms with Crippen LogP contribution in [0, 0.1) is 6.92 Å². The highest BCUT2D eigenvalue weighted by atomic mass is 32.1. The molecule has 2 rings (SSSR count). The number of thiophene rings is 1. The van der Waals surface area contributed by atoms with E-state index in [4.69, 9.17) is 0 Å². The van der Waals surface area contributed by atoms with Gasteiger partial charge in [-0.25, -0.2) is 0 Å². The summed E-state index contributed by atoms with van der Waals surface area (Å²) in [6.45, 7) is 6.33. The van der Waals surface area contributed by atoms with Crippen molar-refractivity contribution in [2.45, 2.75) is 20.4 Å². The number of fused-ring (bicyclic) bond motifs is 1. The number of hydrogen-bond acceptors (Lipinski definition) is 2. The molecule has 2 heteroatoms. The molecule has 1 heterocycles. The summed E-state index contributed by atoms with van der Waals surface area (Å²) in [5.74, 6) is 0. The maximum absolute atomic E-state index is 3.37. The van der Waals surface area contributed by atoms with Crippen LogP contribution in [-0.4, -0.2) is 6.54 Å². The van der Waals surface area contributed by atoms with Gasteiger partial charge in [-0.2, -0.15) is 0 Å². The van der Waals surface area contributed by atoms with E-state index in [1.165, 1.54) is 21.2 Å². The molecule has 1 aromatic carbocycles. The second kappa shape index (κ2) is 4.11. The van der Waals surface area contributed by atoms with Crippen molar-refractivity contribution in [3.05, 3.63) is 34.7 Å². The number of hydrogen-bond donors (Lipinski definition) is 1. The van der Waals surface area contributed by atoms with E-state index in [-0.39, 0.29) is 0 Å². The van der Waals surface area contributed by atoms with E-state index in [0.717, 1.165) is 13.1 Å². The van der Waals surface area contributed by atoms with Crippen molar-refractivity contribution in [2.75, 3.05) is 6.54 Å². The molecular formula is C12H15NS. The first kappa shape index (κ1) is 9.69. The summed E-state index contributed by atoms with van der Waals surface area (Å²) in [6, 6.07) is 6.53. The Hall–Kier alpha value is -0.860. The number of nitrogens with one attached hydrogen (secondary N) is 1. The Labute approximate surface area is 88.8 Å². The van der Waals surface area contributed by atoms with Crippen LogP contribution in [-0.2, 0) is 6.54 Å². The lowest BCUT2D eigenvalue weighted by atomic mass is 10.1. The van der Waals surface area contributed by atoms with Gasteiger partial charge in [0, 0.05) is 11.2 Å². The molecule has 0 bridgehead atoms. The Morgan fingerprint density at radius 1 is 1.36 bits per heavy atom. The molecule has 0 spiro atoms. The van der Waals surface area contributed by atoms with Crippen molar-refractivity contribution in [1.29, 1.82) is 0 Å². The molecule has 1 nitrogen and oxygen atoms in total. The highest BCUT2D eigenvalue weighted by Gasteiger charge is 2.04. The minimum atomic E-state index is 0.986. The first-order valence-corrected chi connectivity index (χ1v) is 5.87. The zero-order valence-electron chi connectivity index (χ0n) is 8.63. The van der Waals surface area contributed by atoms with Gasteiger partial charge in [-0.05, 0) is 35.4 Å². The maximum Gasteiger partial charge on any atom is 0.0375 e. The minimum absolute atomic E-state index is 0.986. The first-order valence-electron chi connectivity index (χ1n) is 4.99. The summed E-state index contributed by atoms with van der Waals surface area (Å²) in [5, 5.41) is 7.05. The van der Waals surface area contributed by atoms with Gasteiger partial charge in [0.2, 0.25) is 0 Å². The van der Waals surface area contributed by atoms with Crippen LogP contribution in [0.4, 0.5) is 0 Å². The molecule has 0 amide bonds. The molecule has 0 aliphatic carbocycles. The standard InChI is InChI=1S/C12H15NS/c1-3-13-7-10-8-14-12-9(2)5-4-6-11(10)12/h4-6,8,13H,3,7H2,1-2H3. The summed E-state index contributed by atoms with van der Waals surface area (Å²) in [7, 11) is 0. The molecule has 0 saturated carbocycles. The van der Waals surface area contributed by atoms with Crippen LogP contribution in [0.25, 0.3) is 10.1 Å². The van der Waals surface area contributed by atoms with Gasteiger partial charge < -0.3 is 5.32 Å². The molecule has 0 atom stereocenters. The van der Waals surface area contributed by atoms with Gasteiger partial charge in [0.15, 0.2) is 0 Å². The van der Waals surface area contributed by atoms with Crippen LogP contribution in [0.15, 0.2) is 23.6 Å². The number of benzene rings is 1. The predicted octanol–water partition coefficient (Wildman–Crippen LogP) is 3.32. The van der Waals surface area contributed by atoms with E-state index in [0.29, 0.717) is 0 Å². The SMILES string of the molecule is CCNCc1csc2c(C)cccc12. The fourth-order valence-corrected chi connectivity index (χ4v) is 2.70. The molecule has 0 aliphatic heterocycles. The molecule has 2 aromatic rings. The van der Waals surface area contributed by atoms with Gasteiger partial charge in [0.25, 0.3) is 0 Å². The van der Waals surface area contributed by atoms with Gasteiger partial charge in [-0.3, -0.25) is 0 Å². The van der Waals surface area contributed by atoms with E-state index in [2.05, 4.69) is 42.7 Å². The molecule has 0 aliphatic rings. The van der Waals surface area contributed by atoms with Crippen LogP contribution in [0.1, 0.15) is 18.1 Å². The van der Waals surface area contributed by atoms with E-state index < -0.39 is 0 Å². The van der Waals surface area contributed by atoms with Crippen molar-refractivity contribution in [3.63, 3.8) is 0 Å². The molecule has 0 saturated heterocycles. The smallest absolute Gasteiger partial charge is 0.0375 e.